The number of hydrogen-bond acceptors (Lipinski definition) is 1. The molecule has 0 spiro atoms. The number of rotatable bonds is 7. The number of thioether (sulfide) groups is 1. The van der Waals surface area contributed by atoms with Crippen molar-refractivity contribution < 1.29 is 0 Å². The molecule has 0 saturated carbocycles. The van der Waals surface area contributed by atoms with Crippen molar-refractivity contribution in [3.05, 3.63) is 34.9 Å². The molecule has 0 N–H and O–H groups in total. The number of hydrogen-bond donors (Lipinski definition) is 0. The van der Waals surface area contributed by atoms with Gasteiger partial charge < -0.3 is 0 Å². The van der Waals surface area contributed by atoms with E-state index < -0.39 is 0 Å². The van der Waals surface area contributed by atoms with Gasteiger partial charge in [0.05, 0.1) is 0 Å². The summed E-state index contributed by atoms with van der Waals surface area (Å²) in [5, 5.41) is 0.753. The topological polar surface area (TPSA) is 0 Å². The predicted molar refractivity (Wildman–Crippen MR) is 94.8 cm³/mol. The Morgan fingerprint density at radius 2 is 1.65 bits per heavy atom. The van der Waals surface area contributed by atoms with E-state index >= 15 is 0 Å². The van der Waals surface area contributed by atoms with E-state index in [9.17, 15) is 0 Å². The number of allylic oxidation sites excluding steroid dienone is 1. The summed E-state index contributed by atoms with van der Waals surface area (Å²) in [5.41, 5.74) is 6.76. The molecule has 1 aromatic rings. The average Bonchev–Trinajstić information content (AvgIpc) is 2.34. The van der Waals surface area contributed by atoms with Gasteiger partial charge in [-0.1, -0.05) is 44.9 Å². The fraction of sp³-hybridized carbons (Fsp3) is 0.579. The predicted octanol–water partition coefficient (Wildman–Crippen LogP) is 6.71. The van der Waals surface area contributed by atoms with Gasteiger partial charge in [0, 0.05) is 10.1 Å². The van der Waals surface area contributed by atoms with E-state index in [1.54, 1.807) is 0 Å². The van der Waals surface area contributed by atoms with Crippen molar-refractivity contribution in [3.63, 3.8) is 0 Å². The molecule has 0 aromatic heterocycles. The Morgan fingerprint density at radius 3 is 2.10 bits per heavy atom. The highest BCUT2D eigenvalue weighted by Gasteiger charge is 2.16. The largest absolute Gasteiger partial charge is 0.122 e. The van der Waals surface area contributed by atoms with Gasteiger partial charge in [0.15, 0.2) is 0 Å². The molecule has 1 heteroatoms. The van der Waals surface area contributed by atoms with Gasteiger partial charge >= 0.3 is 0 Å². The lowest BCUT2D eigenvalue weighted by molar-refractivity contribution is 0.672. The van der Waals surface area contributed by atoms with Gasteiger partial charge in [0.1, 0.15) is 0 Å². The van der Waals surface area contributed by atoms with Crippen molar-refractivity contribution >= 4 is 17.3 Å². The average molecular weight is 291 g/mol. The zero-order chi connectivity index (χ0) is 15.3. The second-order valence-corrected chi connectivity index (χ2v) is 7.25. The monoisotopic (exact) mass is 290 g/mol. The first-order valence-electron chi connectivity index (χ1n) is 7.85. The Morgan fingerprint density at radius 1 is 1.10 bits per heavy atom. The SMILES string of the molecule is C=C(C)c1c(C)cc(C)c(SC(CCC)CCC)c1C. The summed E-state index contributed by atoms with van der Waals surface area (Å²) >= 11 is 2.09. The van der Waals surface area contributed by atoms with Crippen molar-refractivity contribution in [2.24, 2.45) is 0 Å². The minimum Gasteiger partial charge on any atom is -0.122 e. The lowest BCUT2D eigenvalue weighted by Gasteiger charge is -2.21. The molecular formula is C19H30S. The Bertz CT molecular complexity index is 465. The zero-order valence-electron chi connectivity index (χ0n) is 14.1. The van der Waals surface area contributed by atoms with E-state index in [-0.39, 0.29) is 0 Å². The molecule has 0 bridgehead atoms. The molecule has 0 amide bonds. The van der Waals surface area contributed by atoms with Gasteiger partial charge in [-0.2, -0.15) is 0 Å². The van der Waals surface area contributed by atoms with Crippen molar-refractivity contribution in [1.29, 1.82) is 0 Å². The third-order valence-corrected chi connectivity index (χ3v) is 5.50. The summed E-state index contributed by atoms with van der Waals surface area (Å²) in [6.07, 6.45) is 5.17. The third kappa shape index (κ3) is 4.15. The van der Waals surface area contributed by atoms with Gasteiger partial charge in [0.2, 0.25) is 0 Å². The molecule has 0 aliphatic heterocycles. The summed E-state index contributed by atoms with van der Waals surface area (Å²) < 4.78 is 0. The van der Waals surface area contributed by atoms with Crippen LogP contribution in [0.15, 0.2) is 17.5 Å². The minimum absolute atomic E-state index is 0.753. The van der Waals surface area contributed by atoms with Crippen LogP contribution < -0.4 is 0 Å². The van der Waals surface area contributed by atoms with E-state index in [1.165, 1.54) is 58.4 Å². The van der Waals surface area contributed by atoms with Crippen molar-refractivity contribution in [2.45, 2.75) is 77.4 Å². The van der Waals surface area contributed by atoms with E-state index in [4.69, 9.17) is 0 Å². The Kier molecular flexibility index (Phi) is 6.88. The first-order chi connectivity index (χ1) is 9.42. The second-order valence-electron chi connectivity index (χ2n) is 5.94. The standard InChI is InChI=1S/C19H30S/c1-8-10-17(11-9-2)20-19-15(6)12-14(5)18(13(3)4)16(19)7/h12,17H,3,8-11H2,1-2,4-7H3. The number of aryl methyl sites for hydroxylation is 2. The molecular weight excluding hydrogens is 260 g/mol. The zero-order valence-corrected chi connectivity index (χ0v) is 14.9. The van der Waals surface area contributed by atoms with E-state index in [2.05, 4.69) is 65.9 Å². The highest BCUT2D eigenvalue weighted by atomic mass is 32.2. The quantitative estimate of drug-likeness (QED) is 0.503. The molecule has 0 nitrogen and oxygen atoms in total. The van der Waals surface area contributed by atoms with Gasteiger partial charge in [0.25, 0.3) is 0 Å². The van der Waals surface area contributed by atoms with Crippen LogP contribution in [0.5, 0.6) is 0 Å². The molecule has 112 valence electrons. The summed E-state index contributed by atoms with van der Waals surface area (Å²) in [5.74, 6) is 0. The highest BCUT2D eigenvalue weighted by Crippen LogP contribution is 2.38. The molecule has 0 fully saturated rings. The molecule has 0 radical (unpaired) electrons. The molecule has 0 aliphatic carbocycles. The van der Waals surface area contributed by atoms with Crippen LogP contribution in [0.2, 0.25) is 0 Å². The molecule has 1 aromatic carbocycles. The van der Waals surface area contributed by atoms with E-state index in [1.807, 2.05) is 0 Å². The van der Waals surface area contributed by atoms with Gasteiger partial charge in [-0.15, -0.1) is 11.8 Å². The second kappa shape index (κ2) is 7.93. The molecule has 0 aliphatic rings. The van der Waals surface area contributed by atoms with Gasteiger partial charge in [-0.25, -0.2) is 0 Å². The smallest absolute Gasteiger partial charge is 0.0139 e. The van der Waals surface area contributed by atoms with Gasteiger partial charge in [-0.05, 0) is 62.8 Å². The van der Waals surface area contributed by atoms with Gasteiger partial charge in [-0.3, -0.25) is 0 Å². The van der Waals surface area contributed by atoms with E-state index in [0.717, 1.165) is 5.25 Å². The van der Waals surface area contributed by atoms with Crippen LogP contribution in [0, 0.1) is 20.8 Å². The maximum absolute atomic E-state index is 4.16. The summed E-state index contributed by atoms with van der Waals surface area (Å²) in [6.45, 7) is 17.6. The molecule has 20 heavy (non-hydrogen) atoms. The maximum Gasteiger partial charge on any atom is 0.0139 e. The highest BCUT2D eigenvalue weighted by molar-refractivity contribution is 8.00. The summed E-state index contributed by atoms with van der Waals surface area (Å²) in [7, 11) is 0. The van der Waals surface area contributed by atoms with Crippen molar-refractivity contribution in [2.75, 3.05) is 0 Å². The fourth-order valence-corrected chi connectivity index (χ4v) is 4.64. The normalized spacial score (nSPS) is 11.2. The molecule has 0 saturated heterocycles. The Balaban J connectivity index is 3.16. The third-order valence-electron chi connectivity index (χ3n) is 3.83. The van der Waals surface area contributed by atoms with E-state index in [0.29, 0.717) is 0 Å². The van der Waals surface area contributed by atoms with Crippen LogP contribution in [-0.2, 0) is 0 Å². The fourth-order valence-electron chi connectivity index (χ4n) is 3.08. The lowest BCUT2D eigenvalue weighted by atomic mass is 9.95. The van der Waals surface area contributed by atoms with Crippen LogP contribution >= 0.6 is 11.8 Å². The van der Waals surface area contributed by atoms with Crippen molar-refractivity contribution in [1.82, 2.24) is 0 Å². The van der Waals surface area contributed by atoms with Crippen LogP contribution in [0.3, 0.4) is 0 Å². The molecule has 1 rings (SSSR count). The van der Waals surface area contributed by atoms with Crippen LogP contribution in [0.4, 0.5) is 0 Å². The molecule has 0 heterocycles. The Labute approximate surface area is 130 Å². The minimum atomic E-state index is 0.753. The van der Waals surface area contributed by atoms with Crippen LogP contribution in [0.25, 0.3) is 5.57 Å². The lowest BCUT2D eigenvalue weighted by Crippen LogP contribution is -2.04. The molecule has 0 atom stereocenters. The first kappa shape index (κ1) is 17.4. The van der Waals surface area contributed by atoms with Crippen LogP contribution in [-0.4, -0.2) is 5.25 Å². The molecule has 0 unspecified atom stereocenters. The first-order valence-corrected chi connectivity index (χ1v) is 8.73. The maximum atomic E-state index is 4.16. The Hall–Kier alpha value is -0.690. The summed E-state index contributed by atoms with van der Waals surface area (Å²) in [6, 6.07) is 2.33. The van der Waals surface area contributed by atoms with Crippen LogP contribution in [0.1, 0.15) is 68.7 Å². The number of benzene rings is 1. The summed E-state index contributed by atoms with van der Waals surface area (Å²) in [4.78, 5) is 1.49. The van der Waals surface area contributed by atoms with Crippen molar-refractivity contribution in [3.8, 4) is 0 Å².